The predicted octanol–water partition coefficient (Wildman–Crippen LogP) is 2.58. The highest BCUT2D eigenvalue weighted by molar-refractivity contribution is 5.97. The summed E-state index contributed by atoms with van der Waals surface area (Å²) >= 11 is 0. The molecule has 1 aliphatic rings. The molecule has 0 spiro atoms. The van der Waals surface area contributed by atoms with Crippen LogP contribution >= 0.6 is 0 Å². The number of hydrogen-bond donors (Lipinski definition) is 1. The van der Waals surface area contributed by atoms with Crippen molar-refractivity contribution in [2.45, 2.75) is 6.92 Å². The molecule has 3 rings (SSSR count). The van der Waals surface area contributed by atoms with Crippen LogP contribution in [0.25, 0.3) is 11.1 Å². The number of hydrogen-bond acceptors (Lipinski definition) is 4. The van der Waals surface area contributed by atoms with E-state index in [1.807, 2.05) is 32.2 Å². The minimum atomic E-state index is -0.987. The highest BCUT2D eigenvalue weighted by Crippen LogP contribution is 2.41. The Kier molecular flexibility index (Phi) is 3.25. The molecule has 1 N–H and O–H groups in total. The van der Waals surface area contributed by atoms with Crippen molar-refractivity contribution in [3.8, 4) is 16.9 Å². The fraction of sp³-hybridized carbons (Fsp3) is 0.250. The lowest BCUT2D eigenvalue weighted by Gasteiger charge is -2.29. The second-order valence-corrected chi connectivity index (χ2v) is 5.10. The lowest BCUT2D eigenvalue weighted by Crippen LogP contribution is -2.29. The minimum absolute atomic E-state index is 0.186. The van der Waals surface area contributed by atoms with Crippen LogP contribution in [0.4, 0.5) is 5.69 Å². The average Bonchev–Trinajstić information content (AvgIpc) is 2.47. The van der Waals surface area contributed by atoms with Crippen LogP contribution in [0, 0.1) is 6.92 Å². The smallest absolute Gasteiger partial charge is 0.337 e. The van der Waals surface area contributed by atoms with Crippen LogP contribution < -0.4 is 9.64 Å². The number of pyridine rings is 1. The Hall–Kier alpha value is -2.56. The van der Waals surface area contributed by atoms with Gasteiger partial charge < -0.3 is 14.7 Å². The van der Waals surface area contributed by atoms with Gasteiger partial charge in [0, 0.05) is 30.1 Å². The second-order valence-electron chi connectivity index (χ2n) is 5.10. The maximum Gasteiger partial charge on any atom is 0.337 e. The first-order valence-corrected chi connectivity index (χ1v) is 6.75. The molecule has 2 aromatic rings. The molecule has 1 aliphatic heterocycles. The number of rotatable bonds is 2. The van der Waals surface area contributed by atoms with Gasteiger partial charge in [0.2, 0.25) is 0 Å². The van der Waals surface area contributed by atoms with Crippen LogP contribution in [-0.2, 0) is 0 Å². The summed E-state index contributed by atoms with van der Waals surface area (Å²) in [6.45, 7) is 3.25. The summed E-state index contributed by atoms with van der Waals surface area (Å²) in [5.41, 5.74) is 3.37. The molecule has 0 fully saturated rings. The monoisotopic (exact) mass is 284 g/mol. The van der Waals surface area contributed by atoms with E-state index in [-0.39, 0.29) is 5.56 Å². The van der Waals surface area contributed by atoms with Gasteiger partial charge in [-0.3, -0.25) is 4.98 Å². The third-order valence-electron chi connectivity index (χ3n) is 3.64. The number of carbonyl (C=O) groups is 1. The first kappa shape index (κ1) is 13.4. The van der Waals surface area contributed by atoms with Gasteiger partial charge in [-0.2, -0.15) is 0 Å². The van der Waals surface area contributed by atoms with Gasteiger partial charge in [-0.25, -0.2) is 4.79 Å². The second kappa shape index (κ2) is 5.09. The molecule has 2 heterocycles. The number of aromatic carboxylic acids is 1. The van der Waals surface area contributed by atoms with E-state index in [4.69, 9.17) is 4.74 Å². The molecule has 5 heteroatoms. The molecular weight excluding hydrogens is 268 g/mol. The predicted molar refractivity (Wildman–Crippen MR) is 80.1 cm³/mol. The van der Waals surface area contributed by atoms with Crippen molar-refractivity contribution in [3.63, 3.8) is 0 Å². The van der Waals surface area contributed by atoms with Gasteiger partial charge in [0.1, 0.15) is 6.61 Å². The van der Waals surface area contributed by atoms with Crippen molar-refractivity contribution in [1.82, 2.24) is 4.98 Å². The lowest BCUT2D eigenvalue weighted by atomic mass is 9.98. The Balaban J connectivity index is 2.24. The lowest BCUT2D eigenvalue weighted by molar-refractivity contribution is 0.0697. The zero-order valence-electron chi connectivity index (χ0n) is 12.0. The van der Waals surface area contributed by atoms with E-state index >= 15 is 0 Å². The molecule has 1 aromatic heterocycles. The normalized spacial score (nSPS) is 13.5. The van der Waals surface area contributed by atoms with Crippen molar-refractivity contribution in [2.24, 2.45) is 0 Å². The number of carboxylic acid groups (broad SMARTS) is 1. The maximum absolute atomic E-state index is 11.4. The van der Waals surface area contributed by atoms with Crippen molar-refractivity contribution in [2.75, 3.05) is 25.1 Å². The summed E-state index contributed by atoms with van der Waals surface area (Å²) in [5.74, 6) is -0.251. The van der Waals surface area contributed by atoms with E-state index in [1.165, 1.54) is 6.20 Å². The quantitative estimate of drug-likeness (QED) is 0.918. The van der Waals surface area contributed by atoms with Crippen LogP contribution in [-0.4, -0.2) is 36.3 Å². The molecule has 0 saturated carbocycles. The topological polar surface area (TPSA) is 62.7 Å². The van der Waals surface area contributed by atoms with Crippen molar-refractivity contribution < 1.29 is 14.6 Å². The highest BCUT2D eigenvalue weighted by atomic mass is 16.5. The first-order chi connectivity index (χ1) is 10.1. The van der Waals surface area contributed by atoms with Crippen molar-refractivity contribution in [1.29, 1.82) is 0 Å². The fourth-order valence-corrected chi connectivity index (χ4v) is 2.55. The first-order valence-electron chi connectivity index (χ1n) is 6.75. The number of anilines is 1. The number of ether oxygens (including phenoxy) is 1. The number of fused-ring (bicyclic) bond motifs is 1. The Bertz CT molecular complexity index is 713. The fourth-order valence-electron chi connectivity index (χ4n) is 2.55. The Morgan fingerprint density at radius 3 is 2.95 bits per heavy atom. The minimum Gasteiger partial charge on any atom is -0.489 e. The summed E-state index contributed by atoms with van der Waals surface area (Å²) in [7, 11) is 2.00. The summed E-state index contributed by atoms with van der Waals surface area (Å²) in [5, 5.41) is 9.38. The molecule has 0 saturated heterocycles. The Morgan fingerprint density at radius 2 is 2.19 bits per heavy atom. The Labute approximate surface area is 122 Å². The number of aryl methyl sites for hydroxylation is 1. The highest BCUT2D eigenvalue weighted by Gasteiger charge is 2.22. The number of benzene rings is 1. The van der Waals surface area contributed by atoms with Crippen LogP contribution in [0.15, 0.2) is 30.5 Å². The van der Waals surface area contributed by atoms with Gasteiger partial charge >= 0.3 is 5.97 Å². The van der Waals surface area contributed by atoms with Gasteiger partial charge in [-0.1, -0.05) is 12.1 Å². The van der Waals surface area contributed by atoms with Crippen molar-refractivity contribution in [3.05, 3.63) is 41.7 Å². The zero-order valence-corrected chi connectivity index (χ0v) is 12.0. The molecule has 108 valence electrons. The van der Waals surface area contributed by atoms with E-state index in [1.54, 1.807) is 6.07 Å². The number of carboxylic acids is 1. The van der Waals surface area contributed by atoms with Gasteiger partial charge in [-0.15, -0.1) is 0 Å². The van der Waals surface area contributed by atoms with E-state index in [2.05, 4.69) is 9.88 Å². The molecule has 5 nitrogen and oxygen atoms in total. The van der Waals surface area contributed by atoms with Crippen LogP contribution in [0.2, 0.25) is 0 Å². The van der Waals surface area contributed by atoms with Gasteiger partial charge in [-0.05, 0) is 19.1 Å². The zero-order chi connectivity index (χ0) is 15.0. The summed E-state index contributed by atoms with van der Waals surface area (Å²) in [6, 6.07) is 7.57. The van der Waals surface area contributed by atoms with E-state index in [9.17, 15) is 9.90 Å². The third kappa shape index (κ3) is 2.31. The van der Waals surface area contributed by atoms with E-state index < -0.39 is 5.97 Å². The molecule has 0 atom stereocenters. The summed E-state index contributed by atoms with van der Waals surface area (Å²) < 4.78 is 5.80. The van der Waals surface area contributed by atoms with Crippen LogP contribution in [0.3, 0.4) is 0 Å². The third-order valence-corrected chi connectivity index (χ3v) is 3.64. The Morgan fingerprint density at radius 1 is 1.38 bits per heavy atom. The number of para-hydroxylation sites is 1. The van der Waals surface area contributed by atoms with Crippen LogP contribution in [0.1, 0.15) is 16.1 Å². The largest absolute Gasteiger partial charge is 0.489 e. The van der Waals surface area contributed by atoms with Crippen LogP contribution in [0.5, 0.6) is 5.75 Å². The van der Waals surface area contributed by atoms with Gasteiger partial charge in [0.05, 0.1) is 17.8 Å². The standard InChI is InChI=1S/C16H16N2O3/c1-10-8-12(13(9-17-10)16(19)20)11-4-3-5-14-15(11)21-7-6-18(14)2/h3-5,8-9H,6-7H2,1-2H3,(H,19,20). The SMILES string of the molecule is Cc1cc(-c2cccc3c2OCCN3C)c(C(=O)O)cn1. The molecular formula is C16H16N2O3. The number of likely N-dealkylation sites (N-methyl/N-ethyl adjacent to an activating group) is 1. The van der Waals surface area contributed by atoms with E-state index in [0.717, 1.165) is 29.2 Å². The van der Waals surface area contributed by atoms with Crippen molar-refractivity contribution >= 4 is 11.7 Å². The molecule has 21 heavy (non-hydrogen) atoms. The molecule has 1 aromatic carbocycles. The molecule has 0 aliphatic carbocycles. The van der Waals surface area contributed by atoms with Gasteiger partial charge in [0.25, 0.3) is 0 Å². The molecule has 0 radical (unpaired) electrons. The number of aromatic nitrogens is 1. The summed E-state index contributed by atoms with van der Waals surface area (Å²) in [6.07, 6.45) is 1.40. The number of nitrogens with zero attached hydrogens (tertiary/aromatic N) is 2. The average molecular weight is 284 g/mol. The molecule has 0 amide bonds. The molecule has 0 unspecified atom stereocenters. The molecule has 0 bridgehead atoms. The summed E-state index contributed by atoms with van der Waals surface area (Å²) in [4.78, 5) is 17.6. The maximum atomic E-state index is 11.4. The van der Waals surface area contributed by atoms with Gasteiger partial charge in [0.15, 0.2) is 5.75 Å². The van der Waals surface area contributed by atoms with E-state index in [0.29, 0.717) is 12.2 Å².